The number of carbonyl (C=O) groups excluding carboxylic acids is 1. The van der Waals surface area contributed by atoms with Gasteiger partial charge in [-0.05, 0) is 49.2 Å². The molecule has 4 heteroatoms. The third kappa shape index (κ3) is 5.93. The Bertz CT molecular complexity index is 834. The van der Waals surface area contributed by atoms with E-state index in [1.807, 2.05) is 84.9 Å². The molecule has 0 heterocycles. The Morgan fingerprint density at radius 3 is 1.66 bits per heavy atom. The van der Waals surface area contributed by atoms with Crippen molar-refractivity contribution in [2.45, 2.75) is 26.9 Å². The first-order valence-electron chi connectivity index (χ1n) is 10.1. The van der Waals surface area contributed by atoms with Gasteiger partial charge in [0.05, 0.1) is 18.7 Å². The second-order valence-electron chi connectivity index (χ2n) is 6.87. The minimum Gasteiger partial charge on any atom is -0.372 e. The molecule has 0 aromatic heterocycles. The van der Waals surface area contributed by atoms with Crippen molar-refractivity contribution in [2.75, 3.05) is 18.0 Å². The molecule has 0 aliphatic heterocycles. The molecule has 0 saturated carbocycles. The molecule has 3 aromatic rings. The van der Waals surface area contributed by atoms with Crippen LogP contribution in [0.5, 0.6) is 0 Å². The minimum absolute atomic E-state index is 0.344. The summed E-state index contributed by atoms with van der Waals surface area (Å²) in [6.07, 6.45) is 0. The molecule has 0 aliphatic rings. The summed E-state index contributed by atoms with van der Waals surface area (Å²) in [7, 11) is 0. The number of anilines is 1. The maximum Gasteiger partial charge on any atom is 0.357 e. The Labute approximate surface area is 173 Å². The molecular weight excluding hydrogens is 360 g/mol. The number of hydrogen-bond donors (Lipinski definition) is 0. The average Bonchev–Trinajstić information content (AvgIpc) is 2.76. The zero-order valence-electron chi connectivity index (χ0n) is 17.1. The van der Waals surface area contributed by atoms with Crippen LogP contribution in [0.15, 0.2) is 84.9 Å². The highest BCUT2D eigenvalue weighted by atomic mass is 16.7. The second-order valence-corrected chi connectivity index (χ2v) is 6.87. The third-order valence-corrected chi connectivity index (χ3v) is 4.85. The molecule has 0 radical (unpaired) electrons. The van der Waals surface area contributed by atoms with Crippen LogP contribution in [-0.4, -0.2) is 24.1 Å². The van der Waals surface area contributed by atoms with Crippen molar-refractivity contribution in [3.63, 3.8) is 0 Å². The molecule has 0 spiro atoms. The van der Waals surface area contributed by atoms with E-state index in [4.69, 9.17) is 4.84 Å². The zero-order valence-corrected chi connectivity index (χ0v) is 17.1. The van der Waals surface area contributed by atoms with Crippen LogP contribution in [0.1, 0.15) is 35.3 Å². The maximum atomic E-state index is 12.8. The summed E-state index contributed by atoms with van der Waals surface area (Å²) in [6.45, 7) is 7.16. The van der Waals surface area contributed by atoms with E-state index in [0.29, 0.717) is 18.7 Å². The Hall–Kier alpha value is -3.11. The standard InChI is InChI=1S/C25H28N2O2/c1-3-26(4-2)24-17-15-23(16-18-24)25(28)29-27(19-21-11-7-5-8-12-21)20-22-13-9-6-10-14-22/h5-18H,3-4,19-20H2,1-2H3. The lowest BCUT2D eigenvalue weighted by Crippen LogP contribution is -2.27. The lowest BCUT2D eigenvalue weighted by molar-refractivity contribution is -0.123. The Morgan fingerprint density at radius 1 is 0.724 bits per heavy atom. The second kappa shape index (κ2) is 10.4. The summed E-state index contributed by atoms with van der Waals surface area (Å²) in [5.41, 5.74) is 3.84. The molecule has 3 rings (SSSR count). The fourth-order valence-electron chi connectivity index (χ4n) is 3.26. The van der Waals surface area contributed by atoms with Gasteiger partial charge in [0.15, 0.2) is 0 Å². The molecule has 0 fully saturated rings. The molecular formula is C25H28N2O2. The molecule has 4 nitrogen and oxygen atoms in total. The molecule has 0 N–H and O–H groups in total. The predicted molar refractivity (Wildman–Crippen MR) is 118 cm³/mol. The van der Waals surface area contributed by atoms with Crippen molar-refractivity contribution in [3.05, 3.63) is 102 Å². The van der Waals surface area contributed by atoms with Gasteiger partial charge in [0.25, 0.3) is 0 Å². The number of carbonyl (C=O) groups is 1. The third-order valence-electron chi connectivity index (χ3n) is 4.85. The van der Waals surface area contributed by atoms with Crippen molar-refractivity contribution in [3.8, 4) is 0 Å². The number of nitrogens with zero attached hydrogens (tertiary/aromatic N) is 2. The van der Waals surface area contributed by atoms with Crippen molar-refractivity contribution in [1.82, 2.24) is 5.06 Å². The van der Waals surface area contributed by atoms with Crippen LogP contribution in [0.2, 0.25) is 0 Å². The van der Waals surface area contributed by atoms with Crippen LogP contribution in [0.4, 0.5) is 5.69 Å². The number of hydroxylamine groups is 2. The first-order chi connectivity index (χ1) is 14.2. The van der Waals surface area contributed by atoms with Crippen molar-refractivity contribution in [1.29, 1.82) is 0 Å². The number of rotatable bonds is 9. The molecule has 0 atom stereocenters. The highest BCUT2D eigenvalue weighted by Gasteiger charge is 2.16. The van der Waals surface area contributed by atoms with E-state index >= 15 is 0 Å². The lowest BCUT2D eigenvalue weighted by Gasteiger charge is -2.23. The van der Waals surface area contributed by atoms with Gasteiger partial charge in [-0.1, -0.05) is 60.7 Å². The van der Waals surface area contributed by atoms with E-state index < -0.39 is 0 Å². The average molecular weight is 389 g/mol. The largest absolute Gasteiger partial charge is 0.372 e. The van der Waals surface area contributed by atoms with Crippen molar-refractivity contribution >= 4 is 11.7 Å². The van der Waals surface area contributed by atoms with Crippen molar-refractivity contribution in [2.24, 2.45) is 0 Å². The summed E-state index contributed by atoms with van der Waals surface area (Å²) in [5, 5.41) is 1.71. The fraction of sp³-hybridized carbons (Fsp3) is 0.240. The Morgan fingerprint density at radius 2 is 1.21 bits per heavy atom. The molecule has 150 valence electrons. The Kier molecular flexibility index (Phi) is 7.42. The van der Waals surface area contributed by atoms with E-state index in [1.165, 1.54) is 0 Å². The van der Waals surface area contributed by atoms with Crippen LogP contribution >= 0.6 is 0 Å². The topological polar surface area (TPSA) is 32.8 Å². The summed E-state index contributed by atoms with van der Waals surface area (Å²) in [6, 6.07) is 27.7. The molecule has 0 saturated heterocycles. The van der Waals surface area contributed by atoms with Gasteiger partial charge in [-0.2, -0.15) is 0 Å². The van der Waals surface area contributed by atoms with Gasteiger partial charge in [-0.15, -0.1) is 5.06 Å². The first kappa shape index (κ1) is 20.6. The summed E-state index contributed by atoms with van der Waals surface area (Å²) in [5.74, 6) is -0.344. The van der Waals surface area contributed by atoms with Crippen molar-refractivity contribution < 1.29 is 9.63 Å². The minimum atomic E-state index is -0.344. The van der Waals surface area contributed by atoms with E-state index in [-0.39, 0.29) is 5.97 Å². The van der Waals surface area contributed by atoms with E-state index in [0.717, 1.165) is 29.9 Å². The highest BCUT2D eigenvalue weighted by Crippen LogP contribution is 2.17. The SMILES string of the molecule is CCN(CC)c1ccc(C(=O)ON(Cc2ccccc2)Cc2ccccc2)cc1. The van der Waals surface area contributed by atoms with E-state index in [2.05, 4.69) is 18.7 Å². The first-order valence-corrected chi connectivity index (χ1v) is 10.1. The predicted octanol–water partition coefficient (Wildman–Crippen LogP) is 5.31. The normalized spacial score (nSPS) is 10.7. The fourth-order valence-corrected chi connectivity index (χ4v) is 3.26. The summed E-state index contributed by atoms with van der Waals surface area (Å²) in [4.78, 5) is 20.8. The van der Waals surface area contributed by atoms with Gasteiger partial charge in [0.2, 0.25) is 0 Å². The zero-order chi connectivity index (χ0) is 20.5. The Balaban J connectivity index is 1.73. The van der Waals surface area contributed by atoms with Crippen LogP contribution in [0.25, 0.3) is 0 Å². The van der Waals surface area contributed by atoms with Gasteiger partial charge >= 0.3 is 5.97 Å². The monoisotopic (exact) mass is 388 g/mol. The smallest absolute Gasteiger partial charge is 0.357 e. The lowest BCUT2D eigenvalue weighted by atomic mass is 10.2. The molecule has 0 unspecified atom stereocenters. The highest BCUT2D eigenvalue weighted by molar-refractivity contribution is 5.89. The van der Waals surface area contributed by atoms with Gasteiger partial charge in [0.1, 0.15) is 0 Å². The quantitative estimate of drug-likeness (QED) is 0.465. The number of benzene rings is 3. The molecule has 3 aromatic carbocycles. The van der Waals surface area contributed by atoms with Gasteiger partial charge < -0.3 is 9.74 Å². The van der Waals surface area contributed by atoms with Crippen LogP contribution in [-0.2, 0) is 17.9 Å². The summed E-state index contributed by atoms with van der Waals surface area (Å²) < 4.78 is 0. The molecule has 0 aliphatic carbocycles. The summed E-state index contributed by atoms with van der Waals surface area (Å²) >= 11 is 0. The van der Waals surface area contributed by atoms with Crippen LogP contribution in [0.3, 0.4) is 0 Å². The van der Waals surface area contributed by atoms with Crippen LogP contribution < -0.4 is 4.90 Å². The maximum absolute atomic E-state index is 12.8. The van der Waals surface area contributed by atoms with Gasteiger partial charge in [-0.3, -0.25) is 0 Å². The van der Waals surface area contributed by atoms with Gasteiger partial charge in [-0.25, -0.2) is 4.79 Å². The molecule has 0 bridgehead atoms. The number of hydrogen-bond acceptors (Lipinski definition) is 4. The van der Waals surface area contributed by atoms with Crippen LogP contribution in [0, 0.1) is 0 Å². The van der Waals surface area contributed by atoms with E-state index in [1.54, 1.807) is 5.06 Å². The molecule has 29 heavy (non-hydrogen) atoms. The van der Waals surface area contributed by atoms with Gasteiger partial charge in [0, 0.05) is 18.8 Å². The van der Waals surface area contributed by atoms with E-state index in [9.17, 15) is 4.79 Å². The molecule has 0 amide bonds.